The van der Waals surface area contributed by atoms with Gasteiger partial charge in [-0.1, -0.05) is 17.3 Å². The Morgan fingerprint density at radius 2 is 2.00 bits per heavy atom. The summed E-state index contributed by atoms with van der Waals surface area (Å²) in [5, 5.41) is 4.11. The molecule has 0 bridgehead atoms. The summed E-state index contributed by atoms with van der Waals surface area (Å²) < 4.78 is 16.5. The maximum Gasteiger partial charge on any atom is 0.254 e. The summed E-state index contributed by atoms with van der Waals surface area (Å²) in [5.74, 6) is 2.60. The van der Waals surface area contributed by atoms with Crippen molar-refractivity contribution >= 4 is 5.91 Å². The Kier molecular flexibility index (Phi) is 6.50. The molecule has 31 heavy (non-hydrogen) atoms. The molecule has 1 aliphatic rings. The number of hydrogen-bond acceptors (Lipinski definition) is 6. The second-order valence-corrected chi connectivity index (χ2v) is 7.70. The van der Waals surface area contributed by atoms with Crippen molar-refractivity contribution in [1.82, 2.24) is 15.0 Å². The van der Waals surface area contributed by atoms with Crippen molar-refractivity contribution in [3.63, 3.8) is 0 Å². The first-order valence-corrected chi connectivity index (χ1v) is 10.6. The number of likely N-dealkylation sites (tertiary alicyclic amines) is 1. The quantitative estimate of drug-likeness (QED) is 0.564. The van der Waals surface area contributed by atoms with Gasteiger partial charge in [0.2, 0.25) is 5.89 Å². The molecule has 1 aromatic heterocycles. The number of rotatable bonds is 7. The highest BCUT2D eigenvalue weighted by Crippen LogP contribution is 2.31. The first kappa shape index (κ1) is 20.9. The summed E-state index contributed by atoms with van der Waals surface area (Å²) in [4.78, 5) is 19.5. The van der Waals surface area contributed by atoms with E-state index in [0.717, 1.165) is 36.3 Å². The van der Waals surface area contributed by atoms with Crippen LogP contribution in [0.25, 0.3) is 0 Å². The summed E-state index contributed by atoms with van der Waals surface area (Å²) in [5.41, 5.74) is 1.78. The number of carbonyl (C=O) groups is 1. The molecule has 2 heterocycles. The molecule has 162 valence electrons. The third-order valence-electron chi connectivity index (χ3n) is 5.45. The van der Waals surface area contributed by atoms with E-state index in [1.54, 1.807) is 31.4 Å². The first-order chi connectivity index (χ1) is 15.1. The molecular weight excluding hydrogens is 394 g/mol. The molecule has 0 radical (unpaired) electrons. The third kappa shape index (κ3) is 5.05. The average Bonchev–Trinajstić information content (AvgIpc) is 3.27. The largest absolute Gasteiger partial charge is 0.497 e. The number of piperidine rings is 1. The number of aromatic nitrogens is 2. The topological polar surface area (TPSA) is 77.7 Å². The van der Waals surface area contributed by atoms with E-state index in [1.165, 1.54) is 0 Å². The van der Waals surface area contributed by atoms with E-state index < -0.39 is 0 Å². The van der Waals surface area contributed by atoms with Crippen LogP contribution < -0.4 is 9.47 Å². The van der Waals surface area contributed by atoms with Crippen LogP contribution in [0.4, 0.5) is 0 Å². The van der Waals surface area contributed by atoms with E-state index in [4.69, 9.17) is 14.0 Å². The van der Waals surface area contributed by atoms with Gasteiger partial charge in [0.15, 0.2) is 5.82 Å². The van der Waals surface area contributed by atoms with Gasteiger partial charge in [-0.05, 0) is 68.1 Å². The van der Waals surface area contributed by atoms with Crippen molar-refractivity contribution < 1.29 is 18.8 Å². The summed E-state index contributed by atoms with van der Waals surface area (Å²) in [7, 11) is 1.61. The molecule has 3 aromatic rings. The zero-order valence-electron chi connectivity index (χ0n) is 17.9. The van der Waals surface area contributed by atoms with Gasteiger partial charge in [-0.25, -0.2) is 0 Å². The minimum Gasteiger partial charge on any atom is -0.497 e. The summed E-state index contributed by atoms with van der Waals surface area (Å²) in [6, 6.07) is 14.9. The lowest BCUT2D eigenvalue weighted by atomic mass is 10.0. The Morgan fingerprint density at radius 3 is 2.77 bits per heavy atom. The van der Waals surface area contributed by atoms with Gasteiger partial charge in [0.05, 0.1) is 13.7 Å². The zero-order valence-corrected chi connectivity index (χ0v) is 17.9. The fourth-order valence-corrected chi connectivity index (χ4v) is 3.80. The normalized spacial score (nSPS) is 16.2. The minimum atomic E-state index is -0.206. The molecule has 1 fully saturated rings. The number of hydrogen-bond donors (Lipinski definition) is 0. The van der Waals surface area contributed by atoms with Crippen LogP contribution in [0.5, 0.6) is 11.5 Å². The molecule has 7 nitrogen and oxygen atoms in total. The molecule has 1 amide bonds. The molecule has 2 aromatic carbocycles. The second-order valence-electron chi connectivity index (χ2n) is 7.70. The number of carbonyl (C=O) groups excluding carboxylic acids is 1. The van der Waals surface area contributed by atoms with Crippen LogP contribution in [-0.4, -0.2) is 41.2 Å². The molecule has 1 aliphatic heterocycles. The molecule has 4 rings (SSSR count). The second kappa shape index (κ2) is 9.64. The minimum absolute atomic E-state index is 0.0325. The highest BCUT2D eigenvalue weighted by atomic mass is 16.5. The summed E-state index contributed by atoms with van der Waals surface area (Å²) in [6.45, 7) is 3.16. The Morgan fingerprint density at radius 1 is 1.16 bits per heavy atom. The summed E-state index contributed by atoms with van der Waals surface area (Å²) >= 11 is 0. The average molecular weight is 421 g/mol. The van der Waals surface area contributed by atoms with E-state index in [1.807, 2.05) is 36.1 Å². The Labute approximate surface area is 182 Å². The van der Waals surface area contributed by atoms with Crippen LogP contribution in [0, 0.1) is 6.92 Å². The SMILES string of the molecule is COc1ccc(C(=O)N2CCCCC2c2nc(CCOc3cccc(C)c3)no2)cc1. The van der Waals surface area contributed by atoms with E-state index in [9.17, 15) is 4.79 Å². The van der Waals surface area contributed by atoms with Crippen molar-refractivity contribution in [3.05, 3.63) is 71.4 Å². The van der Waals surface area contributed by atoms with Crippen molar-refractivity contribution in [1.29, 1.82) is 0 Å². The van der Waals surface area contributed by atoms with Crippen molar-refractivity contribution in [2.45, 2.75) is 38.6 Å². The molecule has 1 saturated heterocycles. The molecule has 0 spiro atoms. The first-order valence-electron chi connectivity index (χ1n) is 10.6. The van der Waals surface area contributed by atoms with Crippen LogP contribution in [0.1, 0.15) is 52.9 Å². The molecule has 1 unspecified atom stereocenters. The number of aryl methyl sites for hydroxylation is 1. The van der Waals surface area contributed by atoms with Gasteiger partial charge in [0.1, 0.15) is 17.5 Å². The van der Waals surface area contributed by atoms with Gasteiger partial charge in [-0.15, -0.1) is 0 Å². The van der Waals surface area contributed by atoms with Crippen LogP contribution in [0.2, 0.25) is 0 Å². The standard InChI is InChI=1S/C24H27N3O4/c1-17-6-5-7-20(16-17)30-15-13-22-25-23(31-26-22)21-8-3-4-14-27(21)24(28)18-9-11-19(29-2)12-10-18/h5-7,9-12,16,21H,3-4,8,13-15H2,1-2H3. The number of ether oxygens (including phenoxy) is 2. The lowest BCUT2D eigenvalue weighted by molar-refractivity contribution is 0.0561. The van der Waals surface area contributed by atoms with E-state index >= 15 is 0 Å². The zero-order chi connectivity index (χ0) is 21.6. The number of methoxy groups -OCH3 is 1. The van der Waals surface area contributed by atoms with Crippen LogP contribution in [-0.2, 0) is 6.42 Å². The number of benzene rings is 2. The Bertz CT molecular complexity index is 1020. The van der Waals surface area contributed by atoms with Crippen LogP contribution in [0.15, 0.2) is 53.1 Å². The highest BCUT2D eigenvalue weighted by molar-refractivity contribution is 5.94. The predicted molar refractivity (Wildman–Crippen MR) is 115 cm³/mol. The molecule has 0 N–H and O–H groups in total. The van der Waals surface area contributed by atoms with Crippen LogP contribution >= 0.6 is 0 Å². The van der Waals surface area contributed by atoms with Gasteiger partial charge in [0.25, 0.3) is 5.91 Å². The lowest BCUT2D eigenvalue weighted by Gasteiger charge is -2.33. The van der Waals surface area contributed by atoms with Gasteiger partial charge >= 0.3 is 0 Å². The fraction of sp³-hybridized carbons (Fsp3) is 0.375. The molecule has 7 heteroatoms. The Balaban J connectivity index is 1.41. The summed E-state index contributed by atoms with van der Waals surface area (Å²) in [6.07, 6.45) is 3.33. The van der Waals surface area contributed by atoms with Crippen molar-refractivity contribution in [3.8, 4) is 11.5 Å². The van der Waals surface area contributed by atoms with Crippen molar-refractivity contribution in [2.24, 2.45) is 0 Å². The molecule has 0 aliphatic carbocycles. The number of amides is 1. The maximum absolute atomic E-state index is 13.1. The van der Waals surface area contributed by atoms with Gasteiger partial charge in [-0.3, -0.25) is 4.79 Å². The monoisotopic (exact) mass is 421 g/mol. The van der Waals surface area contributed by atoms with Gasteiger partial charge in [0, 0.05) is 18.5 Å². The van der Waals surface area contributed by atoms with Gasteiger partial charge in [-0.2, -0.15) is 4.98 Å². The molecule has 0 saturated carbocycles. The van der Waals surface area contributed by atoms with Crippen LogP contribution in [0.3, 0.4) is 0 Å². The Hall–Kier alpha value is -3.35. The molecular formula is C24H27N3O4. The third-order valence-corrected chi connectivity index (χ3v) is 5.45. The maximum atomic E-state index is 13.1. The van der Waals surface area contributed by atoms with E-state index in [-0.39, 0.29) is 11.9 Å². The highest BCUT2D eigenvalue weighted by Gasteiger charge is 2.32. The van der Waals surface area contributed by atoms with E-state index in [0.29, 0.717) is 36.9 Å². The molecule has 1 atom stereocenters. The fourth-order valence-electron chi connectivity index (χ4n) is 3.80. The predicted octanol–water partition coefficient (Wildman–Crippen LogP) is 4.38. The smallest absolute Gasteiger partial charge is 0.254 e. The van der Waals surface area contributed by atoms with Gasteiger partial charge < -0.3 is 18.9 Å². The van der Waals surface area contributed by atoms with Crippen molar-refractivity contribution in [2.75, 3.05) is 20.3 Å². The van der Waals surface area contributed by atoms with E-state index in [2.05, 4.69) is 10.1 Å². The lowest BCUT2D eigenvalue weighted by Crippen LogP contribution is -2.38. The number of nitrogens with zero attached hydrogens (tertiary/aromatic N) is 3.